The first-order chi connectivity index (χ1) is 14.3. The van der Waals surface area contributed by atoms with E-state index in [0.29, 0.717) is 11.6 Å². The second-order valence-corrected chi connectivity index (χ2v) is 7.02. The van der Waals surface area contributed by atoms with E-state index in [2.05, 4.69) is 0 Å². The van der Waals surface area contributed by atoms with Crippen molar-refractivity contribution < 1.29 is 29.0 Å². The Balaban J connectivity index is 1.80. The smallest absolute Gasteiger partial charge is 0.338 e. The van der Waals surface area contributed by atoms with Gasteiger partial charge in [-0.15, -0.1) is 0 Å². The van der Waals surface area contributed by atoms with Gasteiger partial charge in [0.2, 0.25) is 0 Å². The molecule has 0 fully saturated rings. The van der Waals surface area contributed by atoms with Gasteiger partial charge in [0.05, 0.1) is 28.5 Å². The minimum absolute atomic E-state index is 0.112. The molecule has 1 aliphatic heterocycles. The molecule has 0 atom stereocenters. The number of ether oxygens (including phenoxy) is 2. The molecule has 2 aromatic carbocycles. The molecule has 0 unspecified atom stereocenters. The number of halogens is 2. The van der Waals surface area contributed by atoms with Gasteiger partial charge in [-0.1, -0.05) is 29.3 Å². The van der Waals surface area contributed by atoms with Gasteiger partial charge >= 0.3 is 11.9 Å². The summed E-state index contributed by atoms with van der Waals surface area (Å²) in [6.45, 7) is 2.76. The van der Waals surface area contributed by atoms with Gasteiger partial charge in [-0.25, -0.2) is 9.69 Å². The first-order valence-electron chi connectivity index (χ1n) is 8.97. The first-order valence-corrected chi connectivity index (χ1v) is 9.73. The van der Waals surface area contributed by atoms with Crippen molar-refractivity contribution in [2.75, 3.05) is 24.7 Å². The third kappa shape index (κ3) is 4.33. The Bertz CT molecular complexity index is 1030. The molecule has 0 saturated carbocycles. The molecule has 1 N–H and O–H groups in total. The summed E-state index contributed by atoms with van der Waals surface area (Å²) in [6, 6.07) is 10.0. The number of hydrogen-bond donors (Lipinski definition) is 1. The molecule has 3 rings (SSSR count). The third-order valence-electron chi connectivity index (χ3n) is 4.29. The van der Waals surface area contributed by atoms with Crippen LogP contribution in [0.4, 0.5) is 5.69 Å². The highest BCUT2D eigenvalue weighted by Crippen LogP contribution is 2.36. The minimum atomic E-state index is -0.895. The SMILES string of the molecule is CCOCCOC(=O)c1ccc(N2C(=O)C(O)=C(c3ccc(Cl)cc3Cl)C2=O)cc1. The minimum Gasteiger partial charge on any atom is -0.502 e. The number of nitrogens with zero attached hydrogens (tertiary/aromatic N) is 1. The number of esters is 1. The molecule has 0 saturated heterocycles. The Hall–Kier alpha value is -2.87. The fourth-order valence-electron chi connectivity index (χ4n) is 2.86. The summed E-state index contributed by atoms with van der Waals surface area (Å²) in [5, 5.41) is 10.8. The van der Waals surface area contributed by atoms with Gasteiger partial charge in [-0.05, 0) is 43.3 Å². The topological polar surface area (TPSA) is 93.1 Å². The van der Waals surface area contributed by atoms with Crippen molar-refractivity contribution in [3.8, 4) is 0 Å². The van der Waals surface area contributed by atoms with E-state index in [1.165, 1.54) is 42.5 Å². The molecule has 0 bridgehead atoms. The molecule has 0 aliphatic carbocycles. The van der Waals surface area contributed by atoms with Gasteiger partial charge < -0.3 is 14.6 Å². The first kappa shape index (κ1) is 21.8. The molecule has 7 nitrogen and oxygen atoms in total. The van der Waals surface area contributed by atoms with Crippen molar-refractivity contribution in [3.05, 3.63) is 69.4 Å². The summed E-state index contributed by atoms with van der Waals surface area (Å²) in [4.78, 5) is 38.2. The molecule has 0 spiro atoms. The molecule has 156 valence electrons. The van der Waals surface area contributed by atoms with E-state index in [1.807, 2.05) is 6.92 Å². The molecule has 2 aromatic rings. The van der Waals surface area contributed by atoms with Gasteiger partial charge in [-0.3, -0.25) is 9.59 Å². The van der Waals surface area contributed by atoms with Gasteiger partial charge in [0, 0.05) is 17.2 Å². The van der Waals surface area contributed by atoms with E-state index < -0.39 is 23.5 Å². The molecule has 9 heteroatoms. The highest BCUT2D eigenvalue weighted by Gasteiger charge is 2.41. The number of aliphatic hydroxyl groups excluding tert-OH is 1. The maximum atomic E-state index is 12.9. The summed E-state index contributed by atoms with van der Waals surface area (Å²) in [5.41, 5.74) is 0.394. The van der Waals surface area contributed by atoms with Crippen LogP contribution in [0.3, 0.4) is 0 Å². The molecular formula is C21H17Cl2NO6. The number of imide groups is 1. The summed E-state index contributed by atoms with van der Waals surface area (Å²) in [5.74, 6) is -2.92. The van der Waals surface area contributed by atoms with Gasteiger partial charge in [-0.2, -0.15) is 0 Å². The predicted molar refractivity (Wildman–Crippen MR) is 112 cm³/mol. The number of benzene rings is 2. The lowest BCUT2D eigenvalue weighted by atomic mass is 10.1. The quantitative estimate of drug-likeness (QED) is 0.389. The Kier molecular flexibility index (Phi) is 6.77. The highest BCUT2D eigenvalue weighted by molar-refractivity contribution is 6.47. The number of carbonyl (C=O) groups is 3. The average molecular weight is 450 g/mol. The van der Waals surface area contributed by atoms with Crippen molar-refractivity contribution in [1.82, 2.24) is 0 Å². The molecule has 2 amide bonds. The van der Waals surface area contributed by atoms with Gasteiger partial charge in [0.1, 0.15) is 6.61 Å². The number of hydrogen-bond acceptors (Lipinski definition) is 6. The van der Waals surface area contributed by atoms with Crippen LogP contribution in [-0.2, 0) is 19.1 Å². The van der Waals surface area contributed by atoms with Crippen LogP contribution in [0.15, 0.2) is 48.2 Å². The lowest BCUT2D eigenvalue weighted by Gasteiger charge is -2.15. The van der Waals surface area contributed by atoms with Gasteiger partial charge in [0.15, 0.2) is 5.76 Å². The van der Waals surface area contributed by atoms with E-state index in [1.54, 1.807) is 0 Å². The molecule has 1 aliphatic rings. The maximum Gasteiger partial charge on any atom is 0.338 e. The largest absolute Gasteiger partial charge is 0.502 e. The molecule has 1 heterocycles. The lowest BCUT2D eigenvalue weighted by molar-refractivity contribution is -0.121. The van der Waals surface area contributed by atoms with Crippen molar-refractivity contribution in [2.45, 2.75) is 6.92 Å². The van der Waals surface area contributed by atoms with E-state index in [-0.39, 0.29) is 40.6 Å². The third-order valence-corrected chi connectivity index (χ3v) is 4.83. The number of carbonyl (C=O) groups excluding carboxylic acids is 3. The van der Waals surface area contributed by atoms with Crippen molar-refractivity contribution >= 4 is 52.2 Å². The number of amides is 2. The van der Waals surface area contributed by atoms with Gasteiger partial charge in [0.25, 0.3) is 5.91 Å². The summed E-state index contributed by atoms with van der Waals surface area (Å²) >= 11 is 12.0. The van der Waals surface area contributed by atoms with E-state index in [0.717, 1.165) is 4.90 Å². The number of aliphatic hydroxyl groups is 1. The normalized spacial score (nSPS) is 13.9. The zero-order valence-electron chi connectivity index (χ0n) is 15.9. The summed E-state index contributed by atoms with van der Waals surface area (Å²) < 4.78 is 10.2. The zero-order chi connectivity index (χ0) is 21.8. The Labute approximate surface area is 182 Å². The lowest BCUT2D eigenvalue weighted by Crippen LogP contribution is -2.31. The van der Waals surface area contributed by atoms with Crippen molar-refractivity contribution in [2.24, 2.45) is 0 Å². The fourth-order valence-corrected chi connectivity index (χ4v) is 3.36. The monoisotopic (exact) mass is 449 g/mol. The average Bonchev–Trinajstić information content (AvgIpc) is 2.94. The van der Waals surface area contributed by atoms with Crippen LogP contribution in [-0.4, -0.2) is 42.7 Å². The fraction of sp³-hybridized carbons (Fsp3) is 0.190. The van der Waals surface area contributed by atoms with Crippen LogP contribution in [0, 0.1) is 0 Å². The van der Waals surface area contributed by atoms with Crippen LogP contribution < -0.4 is 4.90 Å². The van der Waals surface area contributed by atoms with Crippen LogP contribution in [0.2, 0.25) is 10.0 Å². The number of rotatable bonds is 7. The Morgan fingerprint density at radius 3 is 2.37 bits per heavy atom. The zero-order valence-corrected chi connectivity index (χ0v) is 17.4. The van der Waals surface area contributed by atoms with Crippen LogP contribution in [0.25, 0.3) is 5.57 Å². The number of anilines is 1. The van der Waals surface area contributed by atoms with Crippen LogP contribution in [0.5, 0.6) is 0 Å². The summed E-state index contributed by atoms with van der Waals surface area (Å²) in [6.07, 6.45) is 0. The molecule has 0 radical (unpaired) electrons. The Morgan fingerprint density at radius 2 is 1.73 bits per heavy atom. The molecule has 0 aromatic heterocycles. The van der Waals surface area contributed by atoms with Crippen molar-refractivity contribution in [1.29, 1.82) is 0 Å². The van der Waals surface area contributed by atoms with Crippen LogP contribution >= 0.6 is 23.2 Å². The molecule has 30 heavy (non-hydrogen) atoms. The standard InChI is InChI=1S/C21H17Cl2NO6/c1-2-29-9-10-30-21(28)12-3-6-14(7-4-12)24-19(26)17(18(25)20(24)27)15-8-5-13(22)11-16(15)23/h3-8,11,25H,2,9-10H2,1H3. The van der Waals surface area contributed by atoms with E-state index in [4.69, 9.17) is 32.7 Å². The van der Waals surface area contributed by atoms with E-state index in [9.17, 15) is 19.5 Å². The predicted octanol–water partition coefficient (Wildman–Crippen LogP) is 4.03. The van der Waals surface area contributed by atoms with E-state index >= 15 is 0 Å². The maximum absolute atomic E-state index is 12.9. The summed E-state index contributed by atoms with van der Waals surface area (Å²) in [7, 11) is 0. The molecular weight excluding hydrogens is 433 g/mol. The van der Waals surface area contributed by atoms with Crippen molar-refractivity contribution in [3.63, 3.8) is 0 Å². The second kappa shape index (κ2) is 9.30. The Morgan fingerprint density at radius 1 is 1.03 bits per heavy atom. The highest BCUT2D eigenvalue weighted by atomic mass is 35.5. The second-order valence-electron chi connectivity index (χ2n) is 6.17. The van der Waals surface area contributed by atoms with Crippen LogP contribution in [0.1, 0.15) is 22.8 Å².